The van der Waals surface area contributed by atoms with Crippen LogP contribution in [0.25, 0.3) is 32.3 Å². The number of benzene rings is 4. The zero-order chi connectivity index (χ0) is 14.6. The number of hydrogen-bond acceptors (Lipinski definition) is 1. The summed E-state index contributed by atoms with van der Waals surface area (Å²) < 4.78 is 0. The summed E-state index contributed by atoms with van der Waals surface area (Å²) in [7, 11) is -1.01. The van der Waals surface area contributed by atoms with Gasteiger partial charge in [-0.2, -0.15) is 0 Å². The molecule has 0 spiro atoms. The van der Waals surface area contributed by atoms with Crippen LogP contribution < -0.4 is 5.19 Å². The maximum atomic E-state index is 9.77. The van der Waals surface area contributed by atoms with E-state index < -0.39 is 8.80 Å². The van der Waals surface area contributed by atoms with Crippen LogP contribution >= 0.6 is 0 Å². The molecule has 0 aromatic heterocycles. The Morgan fingerprint density at radius 2 is 1.52 bits per heavy atom. The van der Waals surface area contributed by atoms with E-state index in [4.69, 9.17) is 0 Å². The van der Waals surface area contributed by atoms with Gasteiger partial charge in [-0.05, 0) is 43.9 Å². The first-order valence-electron chi connectivity index (χ1n) is 7.51. The first kappa shape index (κ1) is 12.8. The topological polar surface area (TPSA) is 20.2 Å². The zero-order valence-corrected chi connectivity index (χ0v) is 13.5. The molecule has 0 unspecified atom stereocenters. The molecule has 1 N–H and O–H groups in total. The molecule has 0 fully saturated rings. The van der Waals surface area contributed by atoms with Crippen LogP contribution in [0.3, 0.4) is 0 Å². The van der Waals surface area contributed by atoms with Crippen LogP contribution in [-0.2, 0) is 6.61 Å². The van der Waals surface area contributed by atoms with E-state index in [-0.39, 0.29) is 6.61 Å². The highest BCUT2D eigenvalue weighted by Crippen LogP contribution is 2.34. The lowest BCUT2D eigenvalue weighted by Gasteiger charge is -2.18. The Labute approximate surface area is 125 Å². The van der Waals surface area contributed by atoms with E-state index in [0.717, 1.165) is 5.56 Å². The minimum atomic E-state index is -1.01. The Kier molecular flexibility index (Phi) is 2.78. The number of aliphatic hydroxyl groups is 1. The fourth-order valence-corrected chi connectivity index (χ4v) is 5.48. The van der Waals surface area contributed by atoms with E-state index in [9.17, 15) is 5.11 Å². The van der Waals surface area contributed by atoms with Crippen molar-refractivity contribution in [1.82, 2.24) is 0 Å². The molecule has 0 saturated carbocycles. The molecule has 4 aromatic rings. The lowest BCUT2D eigenvalue weighted by molar-refractivity contribution is 0.283. The summed E-state index contributed by atoms with van der Waals surface area (Å²) in [6.07, 6.45) is 0. The third-order valence-corrected chi connectivity index (χ3v) is 6.36. The quantitative estimate of drug-likeness (QED) is 0.440. The molecule has 0 aliphatic carbocycles. The second-order valence-corrected chi connectivity index (χ2v) is 9.00. The summed E-state index contributed by atoms with van der Waals surface area (Å²) >= 11 is 0. The first-order chi connectivity index (χ1) is 10.2. The number of aliphatic hydroxyl groups excluding tert-OH is 1. The molecule has 21 heavy (non-hydrogen) atoms. The molecule has 0 atom stereocenters. The minimum absolute atomic E-state index is 0.136. The van der Waals surface area contributed by atoms with Crippen molar-refractivity contribution in [1.29, 1.82) is 0 Å². The average Bonchev–Trinajstić information content (AvgIpc) is 2.51. The lowest BCUT2D eigenvalue weighted by Crippen LogP contribution is -2.28. The Balaban J connectivity index is 2.32. The monoisotopic (exact) mass is 290 g/mol. The predicted octanol–water partition coefficient (Wildman–Crippen LogP) is 3.77. The van der Waals surface area contributed by atoms with Gasteiger partial charge in [0.2, 0.25) is 0 Å². The Morgan fingerprint density at radius 3 is 2.19 bits per heavy atom. The molecule has 0 amide bonds. The normalized spacial score (nSPS) is 12.2. The second kappa shape index (κ2) is 4.55. The third kappa shape index (κ3) is 1.73. The standard InChI is InChI=1S/C19H18OSi/c1-21(2)19-15(11-20)10-14-7-6-12-4-3-5-13-8-9-16(19)18(14)17(12)13/h3-10,20-21H,11H2,1-2H3. The van der Waals surface area contributed by atoms with E-state index in [2.05, 4.69) is 61.6 Å². The fourth-order valence-electron chi connectivity index (χ4n) is 3.70. The van der Waals surface area contributed by atoms with Gasteiger partial charge >= 0.3 is 0 Å². The maximum absolute atomic E-state index is 9.77. The van der Waals surface area contributed by atoms with Gasteiger partial charge in [-0.15, -0.1) is 0 Å². The predicted molar refractivity (Wildman–Crippen MR) is 94.6 cm³/mol. The van der Waals surface area contributed by atoms with E-state index >= 15 is 0 Å². The van der Waals surface area contributed by atoms with E-state index in [1.54, 1.807) is 0 Å². The summed E-state index contributed by atoms with van der Waals surface area (Å²) in [5, 5.41) is 19.1. The van der Waals surface area contributed by atoms with Gasteiger partial charge < -0.3 is 5.11 Å². The van der Waals surface area contributed by atoms with Gasteiger partial charge in [-0.25, -0.2) is 0 Å². The van der Waals surface area contributed by atoms with E-state index in [0.29, 0.717) is 0 Å². The van der Waals surface area contributed by atoms with Gasteiger partial charge in [0, 0.05) is 0 Å². The van der Waals surface area contributed by atoms with Gasteiger partial charge in [-0.3, -0.25) is 0 Å². The van der Waals surface area contributed by atoms with Crippen molar-refractivity contribution in [2.45, 2.75) is 19.7 Å². The van der Waals surface area contributed by atoms with Crippen LogP contribution in [0.2, 0.25) is 13.1 Å². The smallest absolute Gasteiger partial charge is 0.0681 e. The highest BCUT2D eigenvalue weighted by Gasteiger charge is 2.16. The van der Waals surface area contributed by atoms with Crippen molar-refractivity contribution in [3.05, 3.63) is 54.1 Å². The van der Waals surface area contributed by atoms with Gasteiger partial charge in [0.1, 0.15) is 0 Å². The van der Waals surface area contributed by atoms with Crippen molar-refractivity contribution in [3.63, 3.8) is 0 Å². The second-order valence-electron chi connectivity index (χ2n) is 6.12. The van der Waals surface area contributed by atoms with Gasteiger partial charge in [-0.1, -0.05) is 60.7 Å². The molecule has 2 heteroatoms. The van der Waals surface area contributed by atoms with Gasteiger partial charge in [0.25, 0.3) is 0 Å². The minimum Gasteiger partial charge on any atom is -0.392 e. The molecule has 1 nitrogen and oxygen atoms in total. The largest absolute Gasteiger partial charge is 0.392 e. The van der Waals surface area contributed by atoms with Crippen molar-refractivity contribution in [3.8, 4) is 0 Å². The van der Waals surface area contributed by atoms with E-state index in [1.165, 1.54) is 37.5 Å². The zero-order valence-electron chi connectivity index (χ0n) is 12.4. The Hall–Kier alpha value is -1.90. The number of hydrogen-bond donors (Lipinski definition) is 1. The van der Waals surface area contributed by atoms with Gasteiger partial charge in [0.05, 0.1) is 15.4 Å². The van der Waals surface area contributed by atoms with Crippen LogP contribution in [-0.4, -0.2) is 13.9 Å². The van der Waals surface area contributed by atoms with Crippen LogP contribution in [0, 0.1) is 0 Å². The first-order valence-corrected chi connectivity index (χ1v) is 10.4. The molecule has 0 saturated heterocycles. The summed E-state index contributed by atoms with van der Waals surface area (Å²) in [5.74, 6) is 0. The van der Waals surface area contributed by atoms with Crippen LogP contribution in [0.4, 0.5) is 0 Å². The molecule has 104 valence electrons. The lowest BCUT2D eigenvalue weighted by atomic mass is 9.93. The van der Waals surface area contributed by atoms with Gasteiger partial charge in [0.15, 0.2) is 0 Å². The van der Waals surface area contributed by atoms with Crippen molar-refractivity contribution >= 4 is 46.3 Å². The SMILES string of the molecule is C[SiH](C)c1c(CO)cc2ccc3cccc4ccc1c2c34. The summed E-state index contributed by atoms with van der Waals surface area (Å²) in [6, 6.07) is 17.6. The van der Waals surface area contributed by atoms with E-state index in [1.807, 2.05) is 0 Å². The molecular formula is C19H18OSi. The van der Waals surface area contributed by atoms with Crippen LogP contribution in [0.5, 0.6) is 0 Å². The Morgan fingerprint density at radius 1 is 0.857 bits per heavy atom. The van der Waals surface area contributed by atoms with Crippen LogP contribution in [0.15, 0.2) is 48.5 Å². The number of rotatable bonds is 2. The molecule has 0 heterocycles. The van der Waals surface area contributed by atoms with Crippen molar-refractivity contribution in [2.75, 3.05) is 0 Å². The molecular weight excluding hydrogens is 272 g/mol. The molecule has 0 aliphatic heterocycles. The molecule has 4 rings (SSSR count). The van der Waals surface area contributed by atoms with Crippen molar-refractivity contribution in [2.24, 2.45) is 0 Å². The Bertz CT molecular complexity index is 940. The highest BCUT2D eigenvalue weighted by atomic mass is 28.3. The molecule has 0 bridgehead atoms. The summed E-state index contributed by atoms with van der Waals surface area (Å²) in [6.45, 7) is 4.81. The third-order valence-electron chi connectivity index (χ3n) is 4.52. The van der Waals surface area contributed by atoms with Crippen molar-refractivity contribution < 1.29 is 5.11 Å². The maximum Gasteiger partial charge on any atom is 0.0681 e. The summed E-state index contributed by atoms with van der Waals surface area (Å²) in [4.78, 5) is 0. The fraction of sp³-hybridized carbons (Fsp3) is 0.158. The average molecular weight is 290 g/mol. The molecule has 0 radical (unpaired) electrons. The van der Waals surface area contributed by atoms with Crippen LogP contribution in [0.1, 0.15) is 5.56 Å². The molecule has 4 aromatic carbocycles. The molecule has 0 aliphatic rings. The highest BCUT2D eigenvalue weighted by molar-refractivity contribution is 6.74. The summed E-state index contributed by atoms with van der Waals surface area (Å²) in [5.41, 5.74) is 1.11.